The smallest absolute Gasteiger partial charge is 0.194 e. The molecule has 1 aliphatic heterocycles. The predicted molar refractivity (Wildman–Crippen MR) is 121 cm³/mol. The zero-order valence-corrected chi connectivity index (χ0v) is 19.0. The molecule has 32 heavy (non-hydrogen) atoms. The number of nitrogens with zero attached hydrogens (tertiary/aromatic N) is 1. The Morgan fingerprint density at radius 2 is 1.97 bits per heavy atom. The lowest BCUT2D eigenvalue weighted by Crippen LogP contribution is -2.30. The molecule has 1 fully saturated rings. The van der Waals surface area contributed by atoms with Crippen LogP contribution < -0.4 is 9.47 Å². The number of hydrogen-bond acceptors (Lipinski definition) is 5. The Kier molecular flexibility index (Phi) is 4.87. The lowest BCUT2D eigenvalue weighted by molar-refractivity contribution is 0.104. The van der Waals surface area contributed by atoms with E-state index in [0.717, 1.165) is 34.3 Å². The molecule has 1 heterocycles. The molecule has 0 N–H and O–H groups in total. The van der Waals surface area contributed by atoms with E-state index in [2.05, 4.69) is 19.9 Å². The fraction of sp³-hybridized carbons (Fsp3) is 0.407. The fourth-order valence-corrected chi connectivity index (χ4v) is 5.07. The van der Waals surface area contributed by atoms with Gasteiger partial charge in [-0.2, -0.15) is 5.26 Å². The minimum atomic E-state index is -0.356. The number of ether oxygens (including phenoxy) is 3. The Balaban J connectivity index is 1.63. The van der Waals surface area contributed by atoms with Gasteiger partial charge in [0.2, 0.25) is 0 Å². The number of carbonyl (C=O) groups excluding carboxylic acids is 1. The number of ketones is 1. The molecule has 1 saturated heterocycles. The van der Waals surface area contributed by atoms with Crippen molar-refractivity contribution in [3.63, 3.8) is 0 Å². The molecule has 1 atom stereocenters. The molecule has 0 bridgehead atoms. The number of rotatable bonds is 4. The largest absolute Gasteiger partial charge is 0.487 e. The molecule has 5 rings (SSSR count). The van der Waals surface area contributed by atoms with E-state index < -0.39 is 0 Å². The van der Waals surface area contributed by atoms with Gasteiger partial charge < -0.3 is 14.2 Å². The normalized spacial score (nSPS) is 20.6. The van der Waals surface area contributed by atoms with Crippen LogP contribution in [0, 0.1) is 11.3 Å². The number of nitriles is 1. The van der Waals surface area contributed by atoms with Crippen molar-refractivity contribution in [1.29, 1.82) is 5.26 Å². The monoisotopic (exact) mass is 429 g/mol. The number of fused-ring (bicyclic) bond motifs is 3. The van der Waals surface area contributed by atoms with Gasteiger partial charge in [0.1, 0.15) is 6.10 Å². The van der Waals surface area contributed by atoms with Crippen LogP contribution in [-0.2, 0) is 16.6 Å². The van der Waals surface area contributed by atoms with E-state index in [1.54, 1.807) is 6.07 Å². The average molecular weight is 430 g/mol. The number of hydrogen-bond donors (Lipinski definition) is 0. The maximum atomic E-state index is 13.8. The Hall–Kier alpha value is -3.10. The average Bonchev–Trinajstić information content (AvgIpc) is 3.40. The molecule has 2 aliphatic carbocycles. The maximum Gasteiger partial charge on any atom is 0.194 e. The molecule has 2 aromatic rings. The fourth-order valence-electron chi connectivity index (χ4n) is 5.07. The van der Waals surface area contributed by atoms with Crippen molar-refractivity contribution in [2.24, 2.45) is 0 Å². The van der Waals surface area contributed by atoms with Gasteiger partial charge in [0.05, 0.1) is 31.0 Å². The Morgan fingerprint density at radius 3 is 2.66 bits per heavy atom. The van der Waals surface area contributed by atoms with Gasteiger partial charge in [-0.25, -0.2) is 0 Å². The van der Waals surface area contributed by atoms with Crippen LogP contribution in [0.2, 0.25) is 0 Å². The summed E-state index contributed by atoms with van der Waals surface area (Å²) in [6, 6.07) is 11.7. The highest BCUT2D eigenvalue weighted by Crippen LogP contribution is 2.52. The van der Waals surface area contributed by atoms with Crippen molar-refractivity contribution >= 4 is 11.4 Å². The second-order valence-electron chi connectivity index (χ2n) is 9.58. The van der Waals surface area contributed by atoms with Crippen LogP contribution in [0.4, 0.5) is 0 Å². The van der Waals surface area contributed by atoms with Crippen molar-refractivity contribution in [3.8, 4) is 17.6 Å². The van der Waals surface area contributed by atoms with E-state index in [-0.39, 0.29) is 23.4 Å². The number of benzene rings is 2. The highest BCUT2D eigenvalue weighted by Gasteiger charge is 2.43. The van der Waals surface area contributed by atoms with Gasteiger partial charge in [-0.3, -0.25) is 4.79 Å². The van der Waals surface area contributed by atoms with Crippen molar-refractivity contribution in [2.45, 2.75) is 58.2 Å². The third kappa shape index (κ3) is 3.22. The minimum absolute atomic E-state index is 0.0140. The summed E-state index contributed by atoms with van der Waals surface area (Å²) in [5.74, 6) is 1.28. The summed E-state index contributed by atoms with van der Waals surface area (Å²) in [5.41, 5.74) is 5.75. The molecular weight excluding hydrogens is 402 g/mol. The molecule has 2 aromatic carbocycles. The van der Waals surface area contributed by atoms with Gasteiger partial charge in [-0.05, 0) is 66.8 Å². The SMILES string of the molecule is CC(C)Oc1cc2c(cc1OC1CCOC1)C(C)(C)C1=C(C2=O)c2ccc(C#N)cc2C1. The first-order valence-corrected chi connectivity index (χ1v) is 11.2. The van der Waals surface area contributed by atoms with Gasteiger partial charge in [-0.15, -0.1) is 0 Å². The van der Waals surface area contributed by atoms with E-state index in [0.29, 0.717) is 42.3 Å². The van der Waals surface area contributed by atoms with Crippen LogP contribution in [0.1, 0.15) is 66.7 Å². The molecule has 5 heteroatoms. The first-order chi connectivity index (χ1) is 15.3. The second-order valence-corrected chi connectivity index (χ2v) is 9.58. The third-order valence-corrected chi connectivity index (χ3v) is 6.70. The molecule has 0 radical (unpaired) electrons. The van der Waals surface area contributed by atoms with E-state index >= 15 is 0 Å². The van der Waals surface area contributed by atoms with Crippen LogP contribution in [0.3, 0.4) is 0 Å². The molecular formula is C27H27NO4. The highest BCUT2D eigenvalue weighted by atomic mass is 16.6. The summed E-state index contributed by atoms with van der Waals surface area (Å²) < 4.78 is 17.9. The number of carbonyl (C=O) groups is 1. The van der Waals surface area contributed by atoms with Crippen LogP contribution in [0.5, 0.6) is 11.5 Å². The van der Waals surface area contributed by atoms with Crippen molar-refractivity contribution in [3.05, 3.63) is 63.7 Å². The first-order valence-electron chi connectivity index (χ1n) is 11.2. The first kappa shape index (κ1) is 20.8. The van der Waals surface area contributed by atoms with Crippen LogP contribution in [-0.4, -0.2) is 31.2 Å². The number of Topliss-reactive ketones (excluding diaryl/α,β-unsaturated/α-hetero) is 1. The van der Waals surface area contributed by atoms with Crippen molar-refractivity contribution < 1.29 is 19.0 Å². The van der Waals surface area contributed by atoms with Gasteiger partial charge >= 0.3 is 0 Å². The Bertz CT molecular complexity index is 1190. The molecule has 0 aromatic heterocycles. The summed E-state index contributed by atoms with van der Waals surface area (Å²) in [7, 11) is 0. The Morgan fingerprint density at radius 1 is 1.16 bits per heavy atom. The van der Waals surface area contributed by atoms with Gasteiger partial charge in [0.15, 0.2) is 17.3 Å². The summed E-state index contributed by atoms with van der Waals surface area (Å²) in [5, 5.41) is 9.31. The van der Waals surface area contributed by atoms with E-state index in [9.17, 15) is 10.1 Å². The predicted octanol–water partition coefficient (Wildman–Crippen LogP) is 5.00. The Labute approximate surface area is 188 Å². The zero-order chi connectivity index (χ0) is 22.6. The molecule has 0 saturated carbocycles. The molecule has 5 nitrogen and oxygen atoms in total. The summed E-state index contributed by atoms with van der Waals surface area (Å²) in [6.07, 6.45) is 1.45. The quantitative estimate of drug-likeness (QED) is 0.684. The molecule has 3 aliphatic rings. The summed E-state index contributed by atoms with van der Waals surface area (Å²) >= 11 is 0. The van der Waals surface area contributed by atoms with E-state index in [4.69, 9.17) is 14.2 Å². The standard InChI is InChI=1S/C27H27NO4/c1-15(2)31-23-11-20-21(12-24(23)32-18-7-8-30-14-18)27(3,4)22-10-17-9-16(13-28)5-6-19(17)25(22)26(20)29/h5-6,9,11-12,15,18H,7-8,10,14H2,1-4H3. The summed E-state index contributed by atoms with van der Waals surface area (Å²) in [6.45, 7) is 9.51. The lowest BCUT2D eigenvalue weighted by Gasteiger charge is -2.35. The number of allylic oxidation sites excluding steroid dienone is 2. The summed E-state index contributed by atoms with van der Waals surface area (Å²) in [4.78, 5) is 13.8. The van der Waals surface area contributed by atoms with Gasteiger partial charge in [0.25, 0.3) is 0 Å². The van der Waals surface area contributed by atoms with E-state index in [1.165, 1.54) is 0 Å². The topological polar surface area (TPSA) is 68.6 Å². The van der Waals surface area contributed by atoms with Gasteiger partial charge in [0, 0.05) is 23.0 Å². The molecule has 164 valence electrons. The lowest BCUT2D eigenvalue weighted by atomic mass is 9.68. The van der Waals surface area contributed by atoms with Crippen LogP contribution >= 0.6 is 0 Å². The second kappa shape index (κ2) is 7.50. The van der Waals surface area contributed by atoms with Crippen LogP contribution in [0.25, 0.3) is 5.57 Å². The minimum Gasteiger partial charge on any atom is -0.487 e. The molecule has 0 spiro atoms. The third-order valence-electron chi connectivity index (χ3n) is 6.70. The highest BCUT2D eigenvalue weighted by molar-refractivity contribution is 6.33. The molecule has 0 amide bonds. The van der Waals surface area contributed by atoms with Crippen LogP contribution in [0.15, 0.2) is 35.9 Å². The van der Waals surface area contributed by atoms with Crippen molar-refractivity contribution in [2.75, 3.05) is 13.2 Å². The zero-order valence-electron chi connectivity index (χ0n) is 19.0. The van der Waals surface area contributed by atoms with E-state index in [1.807, 2.05) is 38.1 Å². The van der Waals surface area contributed by atoms with Gasteiger partial charge in [-0.1, -0.05) is 19.9 Å². The molecule has 1 unspecified atom stereocenters. The van der Waals surface area contributed by atoms with Crippen molar-refractivity contribution in [1.82, 2.24) is 0 Å². The maximum absolute atomic E-state index is 13.8.